The van der Waals surface area contributed by atoms with Crippen molar-refractivity contribution in [3.63, 3.8) is 0 Å². The monoisotopic (exact) mass is 212 g/mol. The molecule has 0 aliphatic heterocycles. The van der Waals surface area contributed by atoms with Gasteiger partial charge >= 0.3 is 0 Å². The Morgan fingerprint density at radius 2 is 1.87 bits per heavy atom. The molecule has 0 fully saturated rings. The molecule has 0 amide bonds. The number of hydrogen-bond donors (Lipinski definition) is 0. The van der Waals surface area contributed by atoms with Gasteiger partial charge in [-0.25, -0.2) is 0 Å². The van der Waals surface area contributed by atoms with Gasteiger partial charge in [0.05, 0.1) is 18.8 Å². The molecule has 0 heterocycles. The van der Waals surface area contributed by atoms with E-state index in [4.69, 9.17) is 15.9 Å². The first-order valence-electron chi connectivity index (χ1n) is 5.74. The van der Waals surface area contributed by atoms with Crippen LogP contribution in [0.15, 0.2) is 0 Å². The third-order valence-electron chi connectivity index (χ3n) is 2.08. The predicted molar refractivity (Wildman–Crippen MR) is 63.7 cm³/mol. The fraction of sp³-hybridized carbons (Fsp3) is 0.846. The molecule has 0 radical (unpaired) electrons. The molecule has 0 aromatic carbocycles. The molecule has 0 spiro atoms. The molecule has 0 saturated heterocycles. The Morgan fingerprint density at radius 1 is 1.20 bits per heavy atom. The molecule has 0 aliphatic carbocycles. The Labute approximate surface area is 94.3 Å². The lowest BCUT2D eigenvalue weighted by Gasteiger charge is -2.23. The largest absolute Gasteiger partial charge is 0.379 e. The van der Waals surface area contributed by atoms with E-state index in [1.807, 2.05) is 13.8 Å². The van der Waals surface area contributed by atoms with E-state index in [1.54, 1.807) is 0 Å². The second-order valence-corrected chi connectivity index (χ2v) is 4.35. The summed E-state index contributed by atoms with van der Waals surface area (Å²) in [5, 5.41) is 0. The van der Waals surface area contributed by atoms with Crippen molar-refractivity contribution in [2.45, 2.75) is 52.7 Å². The van der Waals surface area contributed by atoms with Crippen LogP contribution in [0.2, 0.25) is 0 Å². The standard InChI is InChI=1S/C13H24O2/c1-6-7-8-9-14-10-13(11(2)3)15-12(4)5/h1,11-13H,7-10H2,2-5H3. The summed E-state index contributed by atoms with van der Waals surface area (Å²) in [4.78, 5) is 0. The lowest BCUT2D eigenvalue weighted by molar-refractivity contribution is -0.0657. The van der Waals surface area contributed by atoms with Gasteiger partial charge in [0.25, 0.3) is 0 Å². The average Bonchev–Trinajstić information content (AvgIpc) is 2.15. The summed E-state index contributed by atoms with van der Waals surface area (Å²) in [6.45, 7) is 9.80. The van der Waals surface area contributed by atoms with Crippen LogP contribution >= 0.6 is 0 Å². The molecule has 1 unspecified atom stereocenters. The highest BCUT2D eigenvalue weighted by Crippen LogP contribution is 2.10. The van der Waals surface area contributed by atoms with Crippen LogP contribution in [0.3, 0.4) is 0 Å². The summed E-state index contributed by atoms with van der Waals surface area (Å²) in [6.07, 6.45) is 7.32. The van der Waals surface area contributed by atoms with Gasteiger partial charge in [0.15, 0.2) is 0 Å². The number of unbranched alkanes of at least 4 members (excludes halogenated alkanes) is 1. The smallest absolute Gasteiger partial charge is 0.0834 e. The highest BCUT2D eigenvalue weighted by atomic mass is 16.5. The van der Waals surface area contributed by atoms with Crippen molar-refractivity contribution in [1.82, 2.24) is 0 Å². The highest BCUT2D eigenvalue weighted by molar-refractivity contribution is 4.82. The van der Waals surface area contributed by atoms with E-state index in [0.29, 0.717) is 12.5 Å². The van der Waals surface area contributed by atoms with Gasteiger partial charge in [0.1, 0.15) is 0 Å². The Hall–Kier alpha value is -0.520. The maximum absolute atomic E-state index is 5.75. The van der Waals surface area contributed by atoms with E-state index in [2.05, 4.69) is 19.8 Å². The quantitative estimate of drug-likeness (QED) is 0.455. The third kappa shape index (κ3) is 8.47. The van der Waals surface area contributed by atoms with E-state index in [0.717, 1.165) is 19.4 Å². The van der Waals surface area contributed by atoms with Crippen LogP contribution in [-0.2, 0) is 9.47 Å². The van der Waals surface area contributed by atoms with Gasteiger partial charge < -0.3 is 9.47 Å². The van der Waals surface area contributed by atoms with Gasteiger partial charge in [-0.05, 0) is 26.2 Å². The minimum atomic E-state index is 0.191. The first-order valence-corrected chi connectivity index (χ1v) is 5.74. The van der Waals surface area contributed by atoms with Crippen LogP contribution in [0.1, 0.15) is 40.5 Å². The summed E-state index contributed by atoms with van der Waals surface area (Å²) in [7, 11) is 0. The van der Waals surface area contributed by atoms with Gasteiger partial charge in [0, 0.05) is 13.0 Å². The molecule has 0 saturated carbocycles. The summed E-state index contributed by atoms with van der Waals surface area (Å²) < 4.78 is 11.3. The van der Waals surface area contributed by atoms with Gasteiger partial charge in [-0.3, -0.25) is 0 Å². The predicted octanol–water partition coefficient (Wildman–Crippen LogP) is 2.87. The molecule has 0 aliphatic rings. The number of rotatable bonds is 8. The molecule has 0 rings (SSSR count). The van der Waals surface area contributed by atoms with Gasteiger partial charge in [0.2, 0.25) is 0 Å². The van der Waals surface area contributed by atoms with E-state index in [9.17, 15) is 0 Å². The number of terminal acetylenes is 1. The van der Waals surface area contributed by atoms with Crippen molar-refractivity contribution in [3.8, 4) is 12.3 Å². The van der Waals surface area contributed by atoms with Crippen LogP contribution in [0, 0.1) is 18.3 Å². The molecular formula is C13H24O2. The van der Waals surface area contributed by atoms with Gasteiger partial charge in [-0.15, -0.1) is 12.3 Å². The van der Waals surface area contributed by atoms with E-state index >= 15 is 0 Å². The number of ether oxygens (including phenoxy) is 2. The van der Waals surface area contributed by atoms with Crippen LogP contribution in [-0.4, -0.2) is 25.4 Å². The van der Waals surface area contributed by atoms with Crippen molar-refractivity contribution >= 4 is 0 Å². The Morgan fingerprint density at radius 3 is 2.33 bits per heavy atom. The molecule has 0 aromatic heterocycles. The van der Waals surface area contributed by atoms with E-state index in [1.165, 1.54) is 0 Å². The van der Waals surface area contributed by atoms with E-state index in [-0.39, 0.29) is 12.2 Å². The molecule has 0 N–H and O–H groups in total. The average molecular weight is 212 g/mol. The van der Waals surface area contributed by atoms with Gasteiger partial charge in [-0.1, -0.05) is 13.8 Å². The van der Waals surface area contributed by atoms with Gasteiger partial charge in [-0.2, -0.15) is 0 Å². The van der Waals surface area contributed by atoms with Crippen molar-refractivity contribution in [3.05, 3.63) is 0 Å². The summed E-state index contributed by atoms with van der Waals surface area (Å²) in [5.74, 6) is 3.09. The van der Waals surface area contributed by atoms with Crippen molar-refractivity contribution < 1.29 is 9.47 Å². The second kappa shape index (κ2) is 8.76. The zero-order valence-corrected chi connectivity index (χ0v) is 10.5. The molecule has 0 bridgehead atoms. The normalized spacial score (nSPS) is 13.1. The van der Waals surface area contributed by atoms with Crippen molar-refractivity contribution in [2.75, 3.05) is 13.2 Å². The lowest BCUT2D eigenvalue weighted by Crippen LogP contribution is -2.28. The molecule has 0 aromatic rings. The molecule has 2 nitrogen and oxygen atoms in total. The van der Waals surface area contributed by atoms with Crippen LogP contribution < -0.4 is 0 Å². The maximum Gasteiger partial charge on any atom is 0.0834 e. The Bertz CT molecular complexity index is 179. The maximum atomic E-state index is 5.75. The van der Waals surface area contributed by atoms with Crippen molar-refractivity contribution in [2.24, 2.45) is 5.92 Å². The summed E-state index contributed by atoms with van der Waals surface area (Å²) in [5.41, 5.74) is 0. The molecule has 15 heavy (non-hydrogen) atoms. The van der Waals surface area contributed by atoms with Crippen LogP contribution in [0.25, 0.3) is 0 Å². The zero-order valence-electron chi connectivity index (χ0n) is 10.5. The Balaban J connectivity index is 3.63. The summed E-state index contributed by atoms with van der Waals surface area (Å²) in [6, 6.07) is 0. The minimum absolute atomic E-state index is 0.191. The first kappa shape index (κ1) is 14.5. The van der Waals surface area contributed by atoms with Crippen LogP contribution in [0.4, 0.5) is 0 Å². The molecule has 88 valence electrons. The fourth-order valence-corrected chi connectivity index (χ4v) is 1.21. The Kier molecular flexibility index (Phi) is 8.46. The summed E-state index contributed by atoms with van der Waals surface area (Å²) >= 11 is 0. The van der Waals surface area contributed by atoms with Crippen LogP contribution in [0.5, 0.6) is 0 Å². The second-order valence-electron chi connectivity index (χ2n) is 4.35. The van der Waals surface area contributed by atoms with Crippen molar-refractivity contribution in [1.29, 1.82) is 0 Å². The topological polar surface area (TPSA) is 18.5 Å². The SMILES string of the molecule is C#CCCCOCC(OC(C)C)C(C)C. The first-order chi connectivity index (χ1) is 7.07. The number of hydrogen-bond acceptors (Lipinski definition) is 2. The molecule has 1 atom stereocenters. The lowest BCUT2D eigenvalue weighted by atomic mass is 10.1. The molecular weight excluding hydrogens is 188 g/mol. The minimum Gasteiger partial charge on any atom is -0.379 e. The highest BCUT2D eigenvalue weighted by Gasteiger charge is 2.15. The molecule has 2 heteroatoms. The third-order valence-corrected chi connectivity index (χ3v) is 2.08. The zero-order chi connectivity index (χ0) is 11.7. The fourth-order valence-electron chi connectivity index (χ4n) is 1.21. The van der Waals surface area contributed by atoms with E-state index < -0.39 is 0 Å².